The smallest absolute Gasteiger partial charge is 0.224 e. The lowest BCUT2D eigenvalue weighted by Gasteiger charge is -2.06. The van der Waals surface area contributed by atoms with Crippen molar-refractivity contribution < 1.29 is 9.21 Å². The lowest BCUT2D eigenvalue weighted by atomic mass is 10.1. The molecule has 0 bridgehead atoms. The average Bonchev–Trinajstić information content (AvgIpc) is 3.62. The van der Waals surface area contributed by atoms with E-state index in [0.717, 1.165) is 33.2 Å². The summed E-state index contributed by atoms with van der Waals surface area (Å²) in [6.07, 6.45) is 10.5. The Morgan fingerprint density at radius 3 is 2.82 bits per heavy atom. The molecule has 10 heteroatoms. The van der Waals surface area contributed by atoms with Crippen LogP contribution in [-0.2, 0) is 4.79 Å². The van der Waals surface area contributed by atoms with Gasteiger partial charge in [0.15, 0.2) is 17.1 Å². The van der Waals surface area contributed by atoms with Gasteiger partial charge in [-0.3, -0.25) is 14.9 Å². The number of nitrogens with zero attached hydrogens (tertiary/aromatic N) is 5. The van der Waals surface area contributed by atoms with Crippen LogP contribution in [0.3, 0.4) is 0 Å². The first-order valence-corrected chi connectivity index (χ1v) is 10.7. The molecule has 6 aromatic rings. The number of aromatic nitrogens is 7. The zero-order valence-electron chi connectivity index (χ0n) is 18.0. The number of hydrogen-bond donors (Lipinski definition) is 3. The van der Waals surface area contributed by atoms with E-state index in [0.29, 0.717) is 34.9 Å². The number of pyridine rings is 3. The number of rotatable bonds is 5. The van der Waals surface area contributed by atoms with Crippen LogP contribution in [0.2, 0.25) is 0 Å². The Bertz CT molecular complexity index is 1650. The maximum Gasteiger partial charge on any atom is 0.224 e. The molecule has 1 amide bonds. The molecule has 0 radical (unpaired) electrons. The summed E-state index contributed by atoms with van der Waals surface area (Å²) in [5.41, 5.74) is 6.76. The summed E-state index contributed by atoms with van der Waals surface area (Å²) in [5.74, 6) is 0.503. The first-order chi connectivity index (χ1) is 16.7. The molecule has 0 unspecified atom stereocenters. The van der Waals surface area contributed by atoms with Gasteiger partial charge in [0.25, 0.3) is 0 Å². The first-order valence-electron chi connectivity index (χ1n) is 10.7. The van der Waals surface area contributed by atoms with Crippen molar-refractivity contribution in [2.75, 3.05) is 5.32 Å². The summed E-state index contributed by atoms with van der Waals surface area (Å²) < 4.78 is 5.23. The molecule has 6 heterocycles. The lowest BCUT2D eigenvalue weighted by molar-refractivity contribution is -0.115. The third-order valence-corrected chi connectivity index (χ3v) is 5.53. The molecule has 0 saturated heterocycles. The zero-order chi connectivity index (χ0) is 23.1. The maximum absolute atomic E-state index is 11.8. The summed E-state index contributed by atoms with van der Waals surface area (Å²) >= 11 is 0. The predicted molar refractivity (Wildman–Crippen MR) is 127 cm³/mol. The molecule has 3 N–H and O–H groups in total. The molecular formula is C24H18N8O2. The first kappa shape index (κ1) is 19.8. The fourth-order valence-corrected chi connectivity index (χ4v) is 3.83. The van der Waals surface area contributed by atoms with Gasteiger partial charge >= 0.3 is 0 Å². The molecule has 10 nitrogen and oxygen atoms in total. The topological polar surface area (TPSA) is 138 Å². The number of aromatic amines is 2. The average molecular weight is 450 g/mol. The number of furan rings is 1. The Labute approximate surface area is 192 Å². The Morgan fingerprint density at radius 2 is 1.97 bits per heavy atom. The van der Waals surface area contributed by atoms with E-state index in [1.54, 1.807) is 44.2 Å². The summed E-state index contributed by atoms with van der Waals surface area (Å²) in [6, 6.07) is 7.62. The summed E-state index contributed by atoms with van der Waals surface area (Å²) in [6.45, 7) is 1.80. The molecule has 0 fully saturated rings. The van der Waals surface area contributed by atoms with Crippen LogP contribution in [0.15, 0.2) is 66.0 Å². The fraction of sp³-hybridized carbons (Fsp3) is 0.0833. The molecule has 0 aliphatic heterocycles. The number of anilines is 1. The Balaban J connectivity index is 1.43. The van der Waals surface area contributed by atoms with Crippen LogP contribution in [0.4, 0.5) is 5.69 Å². The van der Waals surface area contributed by atoms with Crippen LogP contribution < -0.4 is 5.32 Å². The van der Waals surface area contributed by atoms with Crippen LogP contribution in [0.5, 0.6) is 0 Å². The second-order valence-electron chi connectivity index (χ2n) is 7.71. The molecule has 166 valence electrons. The highest BCUT2D eigenvalue weighted by molar-refractivity contribution is 5.96. The van der Waals surface area contributed by atoms with Gasteiger partial charge in [0, 0.05) is 47.3 Å². The molecule has 0 aliphatic rings. The van der Waals surface area contributed by atoms with Gasteiger partial charge in [0.05, 0.1) is 29.8 Å². The van der Waals surface area contributed by atoms with Crippen molar-refractivity contribution in [2.24, 2.45) is 0 Å². The maximum atomic E-state index is 11.8. The molecule has 0 atom stereocenters. The van der Waals surface area contributed by atoms with E-state index in [2.05, 4.69) is 35.5 Å². The highest BCUT2D eigenvalue weighted by Crippen LogP contribution is 2.32. The minimum absolute atomic E-state index is 0.0714. The SMILES string of the molecule is CCC(=O)Nc1cncc(-c2cnc3[nH]nc(-c4nc5c(-c6ccoc6)ccnc5[nH]4)c3c2)c1. The van der Waals surface area contributed by atoms with Crippen molar-refractivity contribution in [3.63, 3.8) is 0 Å². The monoisotopic (exact) mass is 450 g/mol. The molecule has 6 aromatic heterocycles. The summed E-state index contributed by atoms with van der Waals surface area (Å²) in [7, 11) is 0. The molecular weight excluding hydrogens is 432 g/mol. The second kappa shape index (κ2) is 7.93. The highest BCUT2D eigenvalue weighted by atomic mass is 16.3. The Kier molecular flexibility index (Phi) is 4.61. The minimum atomic E-state index is -0.0714. The van der Waals surface area contributed by atoms with Gasteiger partial charge in [-0.25, -0.2) is 15.0 Å². The molecule has 0 aliphatic carbocycles. The minimum Gasteiger partial charge on any atom is -0.472 e. The largest absolute Gasteiger partial charge is 0.472 e. The third kappa shape index (κ3) is 3.37. The number of carbonyl (C=O) groups excluding carboxylic acids is 1. The molecule has 34 heavy (non-hydrogen) atoms. The predicted octanol–water partition coefficient (Wildman–Crippen LogP) is 4.57. The van der Waals surface area contributed by atoms with Crippen LogP contribution >= 0.6 is 0 Å². The van der Waals surface area contributed by atoms with Crippen LogP contribution in [0.1, 0.15) is 13.3 Å². The van der Waals surface area contributed by atoms with Gasteiger partial charge in [0.1, 0.15) is 11.2 Å². The van der Waals surface area contributed by atoms with Gasteiger partial charge in [-0.05, 0) is 24.3 Å². The molecule has 0 saturated carbocycles. The number of amides is 1. The van der Waals surface area contributed by atoms with E-state index in [1.807, 2.05) is 24.3 Å². The van der Waals surface area contributed by atoms with Gasteiger partial charge in [-0.2, -0.15) is 5.10 Å². The standard InChI is InChI=1S/C24H18N8O2/c1-2-19(33)28-16-7-14(9-25-11-16)15-8-18-21(31-32-22(18)27-10-15)24-29-20-17(13-4-6-34-12-13)3-5-26-23(20)30-24/h3-12H,2H2,1H3,(H,28,33)(H,26,29,30)(H,27,31,32). The number of nitrogens with one attached hydrogen (secondary N) is 3. The van der Waals surface area contributed by atoms with E-state index in [1.165, 1.54) is 0 Å². The fourth-order valence-electron chi connectivity index (χ4n) is 3.83. The zero-order valence-corrected chi connectivity index (χ0v) is 18.0. The highest BCUT2D eigenvalue weighted by Gasteiger charge is 2.17. The quantitative estimate of drug-likeness (QED) is 0.350. The van der Waals surface area contributed by atoms with Crippen molar-refractivity contribution in [2.45, 2.75) is 13.3 Å². The van der Waals surface area contributed by atoms with E-state index >= 15 is 0 Å². The van der Waals surface area contributed by atoms with Crippen molar-refractivity contribution in [3.05, 3.63) is 61.6 Å². The number of fused-ring (bicyclic) bond motifs is 2. The van der Waals surface area contributed by atoms with E-state index in [9.17, 15) is 4.79 Å². The van der Waals surface area contributed by atoms with Crippen molar-refractivity contribution in [1.29, 1.82) is 0 Å². The molecule has 0 spiro atoms. The van der Waals surface area contributed by atoms with Gasteiger partial charge in [0.2, 0.25) is 5.91 Å². The van der Waals surface area contributed by atoms with Gasteiger partial charge in [-0.15, -0.1) is 0 Å². The van der Waals surface area contributed by atoms with E-state index < -0.39 is 0 Å². The van der Waals surface area contributed by atoms with E-state index in [-0.39, 0.29) is 5.91 Å². The second-order valence-corrected chi connectivity index (χ2v) is 7.71. The summed E-state index contributed by atoms with van der Waals surface area (Å²) in [5, 5.41) is 11.1. The normalized spacial score (nSPS) is 11.3. The molecule has 0 aromatic carbocycles. The van der Waals surface area contributed by atoms with Crippen LogP contribution in [-0.4, -0.2) is 41.0 Å². The number of carbonyl (C=O) groups is 1. The number of imidazole rings is 1. The van der Waals surface area contributed by atoms with Crippen LogP contribution in [0.25, 0.3) is 56.0 Å². The summed E-state index contributed by atoms with van der Waals surface area (Å²) in [4.78, 5) is 33.0. The van der Waals surface area contributed by atoms with Crippen molar-refractivity contribution >= 4 is 33.8 Å². The Hall–Kier alpha value is -4.86. The number of hydrogen-bond acceptors (Lipinski definition) is 7. The lowest BCUT2D eigenvalue weighted by Crippen LogP contribution is -2.09. The number of H-pyrrole nitrogens is 2. The van der Waals surface area contributed by atoms with Gasteiger partial charge in [-0.1, -0.05) is 6.92 Å². The third-order valence-electron chi connectivity index (χ3n) is 5.53. The van der Waals surface area contributed by atoms with E-state index in [4.69, 9.17) is 9.40 Å². The van der Waals surface area contributed by atoms with Crippen molar-refractivity contribution in [1.82, 2.24) is 35.1 Å². The van der Waals surface area contributed by atoms with Crippen molar-refractivity contribution in [3.8, 4) is 33.8 Å². The molecule has 6 rings (SSSR count). The Morgan fingerprint density at radius 1 is 1.06 bits per heavy atom. The van der Waals surface area contributed by atoms with Gasteiger partial charge < -0.3 is 14.7 Å². The van der Waals surface area contributed by atoms with Crippen LogP contribution in [0, 0.1) is 0 Å².